The third kappa shape index (κ3) is 2.00. The minimum atomic E-state index is 0.539. The second-order valence-corrected chi connectivity index (χ2v) is 4.58. The van der Waals surface area contributed by atoms with Crippen molar-refractivity contribution < 1.29 is 4.74 Å². The minimum Gasteiger partial charge on any atom is -0.497 e. The Morgan fingerprint density at radius 2 is 2.19 bits per heavy atom. The molecule has 0 aliphatic heterocycles. The molecule has 0 fully saturated rings. The first-order valence-electron chi connectivity index (χ1n) is 5.31. The van der Waals surface area contributed by atoms with Gasteiger partial charge in [-0.2, -0.15) is 0 Å². The van der Waals surface area contributed by atoms with Crippen molar-refractivity contribution in [1.29, 1.82) is 0 Å². The van der Waals surface area contributed by atoms with Crippen LogP contribution in [-0.2, 0) is 6.54 Å². The van der Waals surface area contributed by atoms with Gasteiger partial charge in [0.25, 0.3) is 0 Å². The molecule has 2 rings (SSSR count). The van der Waals surface area contributed by atoms with Gasteiger partial charge < -0.3 is 9.30 Å². The van der Waals surface area contributed by atoms with Gasteiger partial charge in [0.1, 0.15) is 5.75 Å². The fourth-order valence-electron chi connectivity index (χ4n) is 1.75. The molecule has 16 heavy (non-hydrogen) atoms. The molecule has 4 heteroatoms. The molecular formula is C12H15ClN2O. The van der Waals surface area contributed by atoms with Gasteiger partial charge in [0, 0.05) is 12.6 Å². The highest BCUT2D eigenvalue weighted by Crippen LogP contribution is 2.24. The number of methoxy groups -OCH3 is 1. The third-order valence-electron chi connectivity index (χ3n) is 2.46. The second kappa shape index (κ2) is 4.34. The maximum Gasteiger partial charge on any atom is 0.203 e. The molecule has 0 saturated heterocycles. The van der Waals surface area contributed by atoms with Crippen LogP contribution in [0.4, 0.5) is 0 Å². The van der Waals surface area contributed by atoms with Crippen LogP contribution in [0.5, 0.6) is 5.75 Å². The van der Waals surface area contributed by atoms with Gasteiger partial charge in [0.15, 0.2) is 0 Å². The number of hydrogen-bond acceptors (Lipinski definition) is 2. The number of fused-ring (bicyclic) bond motifs is 1. The van der Waals surface area contributed by atoms with E-state index in [-0.39, 0.29) is 0 Å². The summed E-state index contributed by atoms with van der Waals surface area (Å²) in [6.07, 6.45) is 0. The van der Waals surface area contributed by atoms with E-state index in [2.05, 4.69) is 18.8 Å². The first-order chi connectivity index (χ1) is 7.61. The van der Waals surface area contributed by atoms with Gasteiger partial charge in [-0.05, 0) is 29.7 Å². The van der Waals surface area contributed by atoms with E-state index >= 15 is 0 Å². The van der Waals surface area contributed by atoms with Crippen LogP contribution in [0.1, 0.15) is 13.8 Å². The van der Waals surface area contributed by atoms with E-state index in [0.717, 1.165) is 23.3 Å². The number of aromatic nitrogens is 2. The van der Waals surface area contributed by atoms with Gasteiger partial charge >= 0.3 is 0 Å². The van der Waals surface area contributed by atoms with Crippen molar-refractivity contribution in [2.75, 3.05) is 7.11 Å². The Balaban J connectivity index is 2.53. The van der Waals surface area contributed by atoms with Crippen molar-refractivity contribution in [2.24, 2.45) is 5.92 Å². The Labute approximate surface area is 100.0 Å². The molecule has 3 nitrogen and oxygen atoms in total. The van der Waals surface area contributed by atoms with E-state index in [0.29, 0.717) is 11.2 Å². The van der Waals surface area contributed by atoms with Gasteiger partial charge in [-0.25, -0.2) is 4.98 Å². The first kappa shape index (κ1) is 11.3. The van der Waals surface area contributed by atoms with Crippen molar-refractivity contribution in [3.63, 3.8) is 0 Å². The van der Waals surface area contributed by atoms with Crippen LogP contribution in [0.2, 0.25) is 5.28 Å². The molecule has 1 aromatic carbocycles. The van der Waals surface area contributed by atoms with Crippen molar-refractivity contribution in [3.05, 3.63) is 23.5 Å². The quantitative estimate of drug-likeness (QED) is 0.820. The molecule has 0 N–H and O–H groups in total. The number of hydrogen-bond donors (Lipinski definition) is 0. The zero-order valence-electron chi connectivity index (χ0n) is 9.70. The molecule has 0 saturated carbocycles. The fourth-order valence-corrected chi connectivity index (χ4v) is 2.00. The Morgan fingerprint density at radius 1 is 1.44 bits per heavy atom. The molecule has 1 aromatic heterocycles. The summed E-state index contributed by atoms with van der Waals surface area (Å²) in [6, 6.07) is 5.82. The van der Waals surface area contributed by atoms with Crippen LogP contribution in [0.3, 0.4) is 0 Å². The van der Waals surface area contributed by atoms with Crippen LogP contribution >= 0.6 is 11.6 Å². The summed E-state index contributed by atoms with van der Waals surface area (Å²) in [4.78, 5) is 4.32. The highest BCUT2D eigenvalue weighted by molar-refractivity contribution is 6.29. The highest BCUT2D eigenvalue weighted by atomic mass is 35.5. The first-order valence-corrected chi connectivity index (χ1v) is 5.69. The fraction of sp³-hybridized carbons (Fsp3) is 0.417. The summed E-state index contributed by atoms with van der Waals surface area (Å²) >= 11 is 6.12. The van der Waals surface area contributed by atoms with E-state index < -0.39 is 0 Å². The predicted molar refractivity (Wildman–Crippen MR) is 66.1 cm³/mol. The van der Waals surface area contributed by atoms with Gasteiger partial charge in [0.2, 0.25) is 5.28 Å². The van der Waals surface area contributed by atoms with E-state index in [1.54, 1.807) is 7.11 Å². The monoisotopic (exact) mass is 238 g/mol. The maximum atomic E-state index is 6.12. The Morgan fingerprint density at radius 3 is 2.81 bits per heavy atom. The number of ether oxygens (including phenoxy) is 1. The summed E-state index contributed by atoms with van der Waals surface area (Å²) in [5, 5.41) is 0.539. The topological polar surface area (TPSA) is 27.1 Å². The molecule has 0 bridgehead atoms. The molecular weight excluding hydrogens is 224 g/mol. The SMILES string of the molecule is COc1ccc2c(c1)nc(Cl)n2CC(C)C. The Hall–Kier alpha value is -1.22. The van der Waals surface area contributed by atoms with Gasteiger partial charge in [-0.15, -0.1) is 0 Å². The molecule has 0 atom stereocenters. The highest BCUT2D eigenvalue weighted by Gasteiger charge is 2.10. The molecule has 0 aliphatic rings. The molecule has 0 aliphatic carbocycles. The van der Waals surface area contributed by atoms with Crippen molar-refractivity contribution in [1.82, 2.24) is 9.55 Å². The van der Waals surface area contributed by atoms with Crippen molar-refractivity contribution in [3.8, 4) is 5.75 Å². The number of benzene rings is 1. The minimum absolute atomic E-state index is 0.539. The molecule has 86 valence electrons. The lowest BCUT2D eigenvalue weighted by Gasteiger charge is -2.08. The smallest absolute Gasteiger partial charge is 0.203 e. The molecule has 1 heterocycles. The molecule has 0 unspecified atom stereocenters. The Kier molecular flexibility index (Phi) is 3.06. The normalized spacial score (nSPS) is 11.3. The number of nitrogens with zero attached hydrogens (tertiary/aromatic N) is 2. The van der Waals surface area contributed by atoms with E-state index in [9.17, 15) is 0 Å². The summed E-state index contributed by atoms with van der Waals surface area (Å²) in [5.74, 6) is 1.34. The number of rotatable bonds is 3. The van der Waals surface area contributed by atoms with Crippen LogP contribution in [0, 0.1) is 5.92 Å². The van der Waals surface area contributed by atoms with Gasteiger partial charge in [0.05, 0.1) is 18.1 Å². The average molecular weight is 239 g/mol. The third-order valence-corrected chi connectivity index (χ3v) is 2.75. The summed E-state index contributed by atoms with van der Waals surface area (Å²) in [7, 11) is 1.65. The van der Waals surface area contributed by atoms with Gasteiger partial charge in [-0.1, -0.05) is 13.8 Å². The van der Waals surface area contributed by atoms with E-state index in [1.807, 2.05) is 22.8 Å². The van der Waals surface area contributed by atoms with Crippen LogP contribution in [0.15, 0.2) is 18.2 Å². The standard InChI is InChI=1S/C12H15ClN2O/c1-8(2)7-15-11-5-4-9(16-3)6-10(11)14-12(15)13/h4-6,8H,7H2,1-3H3. The predicted octanol–water partition coefficient (Wildman–Crippen LogP) is 3.35. The molecule has 0 radical (unpaired) electrons. The average Bonchev–Trinajstić information content (AvgIpc) is 2.54. The van der Waals surface area contributed by atoms with Crippen LogP contribution < -0.4 is 4.74 Å². The molecule has 0 amide bonds. The lowest BCUT2D eigenvalue weighted by Crippen LogP contribution is -2.04. The van der Waals surface area contributed by atoms with E-state index in [1.165, 1.54) is 0 Å². The second-order valence-electron chi connectivity index (χ2n) is 4.24. The maximum absolute atomic E-state index is 6.12. The lowest BCUT2D eigenvalue weighted by molar-refractivity contribution is 0.415. The summed E-state index contributed by atoms with van der Waals surface area (Å²) in [5.41, 5.74) is 1.93. The Bertz CT molecular complexity index is 505. The van der Waals surface area contributed by atoms with Crippen LogP contribution in [-0.4, -0.2) is 16.7 Å². The van der Waals surface area contributed by atoms with Gasteiger partial charge in [-0.3, -0.25) is 0 Å². The lowest BCUT2D eigenvalue weighted by atomic mass is 10.2. The number of halogens is 1. The van der Waals surface area contributed by atoms with Crippen LogP contribution in [0.25, 0.3) is 11.0 Å². The molecule has 2 aromatic rings. The van der Waals surface area contributed by atoms with Crippen molar-refractivity contribution >= 4 is 22.6 Å². The summed E-state index contributed by atoms with van der Waals surface area (Å²) in [6.45, 7) is 5.19. The zero-order chi connectivity index (χ0) is 11.7. The van der Waals surface area contributed by atoms with Crippen molar-refractivity contribution in [2.45, 2.75) is 20.4 Å². The van der Waals surface area contributed by atoms with E-state index in [4.69, 9.17) is 16.3 Å². The largest absolute Gasteiger partial charge is 0.497 e. The zero-order valence-corrected chi connectivity index (χ0v) is 10.5. The molecule has 0 spiro atoms. The summed E-state index contributed by atoms with van der Waals surface area (Å²) < 4.78 is 7.19. The number of imidazole rings is 1.